The second-order valence-corrected chi connectivity index (χ2v) is 5.52. The van der Waals surface area contributed by atoms with Gasteiger partial charge in [-0.2, -0.15) is 0 Å². The molecule has 0 unspecified atom stereocenters. The molecule has 0 radical (unpaired) electrons. The molecule has 0 aliphatic heterocycles. The Labute approximate surface area is 128 Å². The van der Waals surface area contributed by atoms with Gasteiger partial charge in [-0.1, -0.05) is 20.8 Å². The van der Waals surface area contributed by atoms with Crippen LogP contribution in [0, 0.1) is 5.92 Å². The summed E-state index contributed by atoms with van der Waals surface area (Å²) >= 11 is 0. The quantitative estimate of drug-likeness (QED) is 0.414. The van der Waals surface area contributed by atoms with Crippen LogP contribution in [0.2, 0.25) is 0 Å². The lowest BCUT2D eigenvalue weighted by Crippen LogP contribution is -2.39. The molecule has 6 heteroatoms. The summed E-state index contributed by atoms with van der Waals surface area (Å²) in [5.74, 6) is 2.67. The fraction of sp³-hybridized carbons (Fsp3) is 0.800. The van der Waals surface area contributed by atoms with Gasteiger partial charge < -0.3 is 15.2 Å². The van der Waals surface area contributed by atoms with E-state index in [4.69, 9.17) is 0 Å². The number of nitrogens with one attached hydrogen (secondary N) is 2. The second-order valence-electron chi connectivity index (χ2n) is 5.52. The topological polar surface area (TPSA) is 67.1 Å². The van der Waals surface area contributed by atoms with Crippen LogP contribution in [0.15, 0.2) is 11.3 Å². The number of rotatable bonds is 9. The predicted octanol–water partition coefficient (Wildman–Crippen LogP) is 1.83. The molecule has 6 nitrogen and oxygen atoms in total. The molecule has 1 rings (SSSR count). The average molecular weight is 294 g/mol. The van der Waals surface area contributed by atoms with E-state index >= 15 is 0 Å². The molecular formula is C15H30N6. The number of aryl methyl sites for hydroxylation is 1. The zero-order chi connectivity index (χ0) is 15.5. The number of hydrogen-bond acceptors (Lipinski definition) is 3. The van der Waals surface area contributed by atoms with Crippen LogP contribution in [0.4, 0.5) is 0 Å². The molecule has 120 valence electrons. The molecule has 0 saturated heterocycles. The molecule has 2 N–H and O–H groups in total. The van der Waals surface area contributed by atoms with Gasteiger partial charge in [-0.25, -0.2) is 0 Å². The first-order valence-electron chi connectivity index (χ1n) is 8.06. The van der Waals surface area contributed by atoms with Crippen LogP contribution in [0.3, 0.4) is 0 Å². The third-order valence-electron chi connectivity index (χ3n) is 3.21. The van der Waals surface area contributed by atoms with E-state index in [1.54, 1.807) is 6.33 Å². The summed E-state index contributed by atoms with van der Waals surface area (Å²) in [6.07, 6.45) is 5.06. The van der Waals surface area contributed by atoms with E-state index in [1.807, 2.05) is 0 Å². The maximum absolute atomic E-state index is 4.60. The number of aliphatic imine (C=N–C) groups is 1. The summed E-state index contributed by atoms with van der Waals surface area (Å²) in [5, 5.41) is 14.7. The van der Waals surface area contributed by atoms with E-state index in [0.29, 0.717) is 0 Å². The first kappa shape index (κ1) is 17.5. The molecule has 0 aliphatic rings. The first-order valence-corrected chi connectivity index (χ1v) is 8.06. The average Bonchev–Trinajstić information content (AvgIpc) is 2.90. The van der Waals surface area contributed by atoms with Gasteiger partial charge in [-0.05, 0) is 25.7 Å². The van der Waals surface area contributed by atoms with Crippen LogP contribution in [0.25, 0.3) is 0 Å². The number of hydrogen-bond donors (Lipinski definition) is 2. The molecule has 0 fully saturated rings. The summed E-state index contributed by atoms with van der Waals surface area (Å²) in [6, 6.07) is 0. The Morgan fingerprint density at radius 3 is 2.81 bits per heavy atom. The fourth-order valence-electron chi connectivity index (χ4n) is 2.07. The third kappa shape index (κ3) is 7.11. The van der Waals surface area contributed by atoms with E-state index in [1.165, 1.54) is 6.42 Å². The predicted molar refractivity (Wildman–Crippen MR) is 87.5 cm³/mol. The largest absolute Gasteiger partial charge is 0.357 e. The van der Waals surface area contributed by atoms with E-state index in [0.717, 1.165) is 56.7 Å². The van der Waals surface area contributed by atoms with Crippen LogP contribution < -0.4 is 10.6 Å². The van der Waals surface area contributed by atoms with Gasteiger partial charge in [0.25, 0.3) is 0 Å². The van der Waals surface area contributed by atoms with Gasteiger partial charge in [-0.15, -0.1) is 10.2 Å². The lowest BCUT2D eigenvalue weighted by Gasteiger charge is -2.12. The maximum Gasteiger partial charge on any atom is 0.191 e. The van der Waals surface area contributed by atoms with Crippen LogP contribution in [0.1, 0.15) is 46.4 Å². The van der Waals surface area contributed by atoms with Crippen molar-refractivity contribution in [2.75, 3.05) is 19.6 Å². The molecule has 1 heterocycles. The third-order valence-corrected chi connectivity index (χ3v) is 3.21. The number of aromatic nitrogens is 3. The first-order chi connectivity index (χ1) is 10.2. The summed E-state index contributed by atoms with van der Waals surface area (Å²) < 4.78 is 2.08. The highest BCUT2D eigenvalue weighted by molar-refractivity contribution is 5.79. The van der Waals surface area contributed by atoms with Crippen LogP contribution in [0.5, 0.6) is 0 Å². The van der Waals surface area contributed by atoms with E-state index in [-0.39, 0.29) is 0 Å². The van der Waals surface area contributed by atoms with Gasteiger partial charge in [0, 0.05) is 32.6 Å². The standard InChI is InChI=1S/C15H30N6/c1-5-14-20-19-12-21(14)11-10-18-15(16-6-2)17-9-7-8-13(3)4/h12-13H,5-11H2,1-4H3,(H2,16,17,18). The Morgan fingerprint density at radius 1 is 1.33 bits per heavy atom. The van der Waals surface area contributed by atoms with E-state index < -0.39 is 0 Å². The SMILES string of the molecule is CCNC(=NCCCC(C)C)NCCn1cnnc1CC. The molecule has 0 atom stereocenters. The van der Waals surface area contributed by atoms with Gasteiger partial charge in [-0.3, -0.25) is 4.99 Å². The van der Waals surface area contributed by atoms with Crippen molar-refractivity contribution in [1.82, 2.24) is 25.4 Å². The Bertz CT molecular complexity index is 410. The molecule has 0 saturated carbocycles. The molecule has 21 heavy (non-hydrogen) atoms. The summed E-state index contributed by atoms with van der Waals surface area (Å²) in [4.78, 5) is 4.60. The van der Waals surface area contributed by atoms with Crippen molar-refractivity contribution in [3.05, 3.63) is 12.2 Å². The van der Waals surface area contributed by atoms with Gasteiger partial charge >= 0.3 is 0 Å². The Morgan fingerprint density at radius 2 is 2.14 bits per heavy atom. The minimum absolute atomic E-state index is 0.747. The molecule has 0 spiro atoms. The van der Waals surface area contributed by atoms with Gasteiger partial charge in [0.15, 0.2) is 5.96 Å². The van der Waals surface area contributed by atoms with Crippen molar-refractivity contribution in [2.24, 2.45) is 10.9 Å². The zero-order valence-corrected chi connectivity index (χ0v) is 13.9. The smallest absolute Gasteiger partial charge is 0.191 e. The van der Waals surface area contributed by atoms with Gasteiger partial charge in [0.1, 0.15) is 12.2 Å². The summed E-state index contributed by atoms with van der Waals surface area (Å²) in [5.41, 5.74) is 0. The summed E-state index contributed by atoms with van der Waals surface area (Å²) in [6.45, 7) is 12.1. The highest BCUT2D eigenvalue weighted by Crippen LogP contribution is 2.02. The molecule has 1 aromatic rings. The van der Waals surface area contributed by atoms with E-state index in [2.05, 4.69) is 58.1 Å². The minimum Gasteiger partial charge on any atom is -0.357 e. The van der Waals surface area contributed by atoms with Crippen molar-refractivity contribution < 1.29 is 0 Å². The molecule has 0 amide bonds. The molecule has 0 aliphatic carbocycles. The fourth-order valence-corrected chi connectivity index (χ4v) is 2.07. The highest BCUT2D eigenvalue weighted by atomic mass is 15.3. The van der Waals surface area contributed by atoms with Crippen molar-refractivity contribution in [3.8, 4) is 0 Å². The second kappa shape index (κ2) is 10.2. The molecule has 0 aromatic carbocycles. The highest BCUT2D eigenvalue weighted by Gasteiger charge is 2.02. The van der Waals surface area contributed by atoms with E-state index in [9.17, 15) is 0 Å². The normalized spacial score (nSPS) is 12.0. The number of guanidine groups is 1. The molecule has 0 bridgehead atoms. The van der Waals surface area contributed by atoms with Crippen molar-refractivity contribution in [2.45, 2.75) is 53.5 Å². The maximum atomic E-state index is 4.60. The summed E-state index contributed by atoms with van der Waals surface area (Å²) in [7, 11) is 0. The Kier molecular flexibility index (Phi) is 8.47. The van der Waals surface area contributed by atoms with Crippen molar-refractivity contribution >= 4 is 5.96 Å². The monoisotopic (exact) mass is 294 g/mol. The lowest BCUT2D eigenvalue weighted by molar-refractivity contribution is 0.560. The van der Waals surface area contributed by atoms with Crippen LogP contribution >= 0.6 is 0 Å². The van der Waals surface area contributed by atoms with Gasteiger partial charge in [0.2, 0.25) is 0 Å². The minimum atomic E-state index is 0.747. The van der Waals surface area contributed by atoms with Crippen molar-refractivity contribution in [3.63, 3.8) is 0 Å². The number of nitrogens with zero attached hydrogens (tertiary/aromatic N) is 4. The Balaban J connectivity index is 2.34. The van der Waals surface area contributed by atoms with Gasteiger partial charge in [0.05, 0.1) is 0 Å². The lowest BCUT2D eigenvalue weighted by atomic mass is 10.1. The molecule has 1 aromatic heterocycles. The van der Waals surface area contributed by atoms with Crippen molar-refractivity contribution in [1.29, 1.82) is 0 Å². The van der Waals surface area contributed by atoms with Crippen LogP contribution in [-0.2, 0) is 13.0 Å². The molecular weight excluding hydrogens is 264 g/mol. The zero-order valence-electron chi connectivity index (χ0n) is 13.9. The van der Waals surface area contributed by atoms with Crippen LogP contribution in [-0.4, -0.2) is 40.4 Å². The Hall–Kier alpha value is -1.59.